The highest BCUT2D eigenvalue weighted by molar-refractivity contribution is 7.90. The van der Waals surface area contributed by atoms with E-state index in [1.807, 2.05) is 17.0 Å². The maximum atomic E-state index is 13.1. The SMILES string of the molecule is O=C(C1CCN(C2=NS(=O)(=O)c3ccccc32)CC1)N1CCC(CCc2ccccc2)CC1. The number of rotatable bonds is 4. The molecule has 0 N–H and O–H groups in total. The van der Waals surface area contributed by atoms with Crippen molar-refractivity contribution in [2.75, 3.05) is 26.2 Å². The van der Waals surface area contributed by atoms with Crippen LogP contribution in [0.2, 0.25) is 0 Å². The molecule has 1 amide bonds. The minimum atomic E-state index is -3.61. The van der Waals surface area contributed by atoms with Crippen LogP contribution in [-0.4, -0.2) is 56.1 Å². The molecule has 3 aliphatic heterocycles. The first-order valence-corrected chi connectivity index (χ1v) is 13.5. The summed E-state index contributed by atoms with van der Waals surface area (Å²) in [6.45, 7) is 3.03. The topological polar surface area (TPSA) is 70.0 Å². The largest absolute Gasteiger partial charge is 0.355 e. The molecule has 2 saturated heterocycles. The lowest BCUT2D eigenvalue weighted by molar-refractivity contribution is -0.138. The second kappa shape index (κ2) is 9.29. The molecular weight excluding hydrogens is 434 g/mol. The lowest BCUT2D eigenvalue weighted by Crippen LogP contribution is -2.46. The van der Waals surface area contributed by atoms with Crippen LogP contribution in [0.1, 0.15) is 43.2 Å². The fourth-order valence-electron chi connectivity index (χ4n) is 5.37. The summed E-state index contributed by atoms with van der Waals surface area (Å²) in [5.74, 6) is 1.53. The van der Waals surface area contributed by atoms with Crippen molar-refractivity contribution in [2.45, 2.75) is 43.4 Å². The van der Waals surface area contributed by atoms with Crippen molar-refractivity contribution in [3.05, 3.63) is 65.7 Å². The number of amides is 1. The summed E-state index contributed by atoms with van der Waals surface area (Å²) in [7, 11) is -3.61. The summed E-state index contributed by atoms with van der Waals surface area (Å²) in [6.07, 6.45) is 5.96. The average molecular weight is 466 g/mol. The number of carbonyl (C=O) groups excluding carboxylic acids is 1. The molecule has 0 atom stereocenters. The third-order valence-electron chi connectivity index (χ3n) is 7.37. The number of carbonyl (C=O) groups is 1. The van der Waals surface area contributed by atoms with E-state index in [2.05, 4.69) is 39.6 Å². The van der Waals surface area contributed by atoms with E-state index < -0.39 is 10.0 Å². The molecular formula is C26H31N3O3S. The maximum Gasteiger partial charge on any atom is 0.285 e. The molecule has 0 radical (unpaired) electrons. The van der Waals surface area contributed by atoms with Crippen LogP contribution in [0, 0.1) is 11.8 Å². The molecule has 0 aromatic heterocycles. The van der Waals surface area contributed by atoms with Crippen molar-refractivity contribution in [2.24, 2.45) is 16.2 Å². The fourth-order valence-corrected chi connectivity index (χ4v) is 6.60. The number of sulfonamides is 1. The Morgan fingerprint density at radius 2 is 1.55 bits per heavy atom. The Hall–Kier alpha value is -2.67. The van der Waals surface area contributed by atoms with Crippen LogP contribution in [0.15, 0.2) is 63.9 Å². The zero-order valence-corrected chi connectivity index (χ0v) is 19.7. The van der Waals surface area contributed by atoms with Gasteiger partial charge in [0, 0.05) is 37.7 Å². The molecule has 2 fully saturated rings. The predicted octanol–water partition coefficient (Wildman–Crippen LogP) is 3.72. The summed E-state index contributed by atoms with van der Waals surface area (Å²) >= 11 is 0. The normalized spacial score (nSPS) is 21.0. The number of likely N-dealkylation sites (tertiary alicyclic amines) is 2. The second-order valence-electron chi connectivity index (χ2n) is 9.44. The lowest BCUT2D eigenvalue weighted by Gasteiger charge is -2.38. The first kappa shape index (κ1) is 22.1. The van der Waals surface area contributed by atoms with Crippen molar-refractivity contribution >= 4 is 21.8 Å². The first-order chi connectivity index (χ1) is 16.0. The van der Waals surface area contributed by atoms with Crippen molar-refractivity contribution < 1.29 is 13.2 Å². The van der Waals surface area contributed by atoms with Crippen LogP contribution in [-0.2, 0) is 21.2 Å². The molecule has 0 saturated carbocycles. The first-order valence-electron chi connectivity index (χ1n) is 12.0. The van der Waals surface area contributed by atoms with Gasteiger partial charge in [0.2, 0.25) is 5.91 Å². The van der Waals surface area contributed by atoms with Crippen molar-refractivity contribution in [3.8, 4) is 0 Å². The molecule has 2 aromatic carbocycles. The van der Waals surface area contributed by atoms with Gasteiger partial charge in [-0.3, -0.25) is 4.79 Å². The van der Waals surface area contributed by atoms with E-state index in [-0.39, 0.29) is 16.7 Å². The second-order valence-corrected chi connectivity index (χ2v) is 11.0. The van der Waals surface area contributed by atoms with E-state index in [9.17, 15) is 13.2 Å². The molecule has 0 spiro atoms. The Kier molecular flexibility index (Phi) is 6.23. The van der Waals surface area contributed by atoms with Crippen LogP contribution >= 0.6 is 0 Å². The zero-order valence-electron chi connectivity index (χ0n) is 18.9. The average Bonchev–Trinajstić information content (AvgIpc) is 3.14. The predicted molar refractivity (Wildman–Crippen MR) is 129 cm³/mol. The van der Waals surface area contributed by atoms with Crippen LogP contribution in [0.5, 0.6) is 0 Å². The number of aryl methyl sites for hydroxylation is 1. The Balaban J connectivity index is 1.12. The van der Waals surface area contributed by atoms with E-state index in [4.69, 9.17) is 0 Å². The van der Waals surface area contributed by atoms with E-state index >= 15 is 0 Å². The highest BCUT2D eigenvalue weighted by Crippen LogP contribution is 2.31. The van der Waals surface area contributed by atoms with Crippen LogP contribution < -0.4 is 0 Å². The van der Waals surface area contributed by atoms with E-state index in [0.717, 1.165) is 45.2 Å². The molecule has 0 unspecified atom stereocenters. The number of piperidine rings is 2. The number of fused-ring (bicyclic) bond motifs is 1. The van der Waals surface area contributed by atoms with E-state index in [1.165, 1.54) is 12.0 Å². The van der Waals surface area contributed by atoms with Crippen molar-refractivity contribution in [3.63, 3.8) is 0 Å². The van der Waals surface area contributed by atoms with Crippen molar-refractivity contribution in [1.82, 2.24) is 9.80 Å². The van der Waals surface area contributed by atoms with Gasteiger partial charge in [-0.1, -0.05) is 42.5 Å². The Morgan fingerprint density at radius 3 is 2.27 bits per heavy atom. The minimum absolute atomic E-state index is 0.0240. The van der Waals surface area contributed by atoms with Crippen LogP contribution in [0.3, 0.4) is 0 Å². The lowest BCUT2D eigenvalue weighted by atomic mass is 9.89. The van der Waals surface area contributed by atoms with E-state index in [1.54, 1.807) is 12.1 Å². The van der Waals surface area contributed by atoms with Gasteiger partial charge in [0.25, 0.3) is 10.0 Å². The van der Waals surface area contributed by atoms with Crippen molar-refractivity contribution in [1.29, 1.82) is 0 Å². The van der Waals surface area contributed by atoms with Gasteiger partial charge >= 0.3 is 0 Å². The number of amidine groups is 1. The number of nitrogens with zero attached hydrogens (tertiary/aromatic N) is 3. The monoisotopic (exact) mass is 465 g/mol. The summed E-state index contributed by atoms with van der Waals surface area (Å²) in [6, 6.07) is 17.6. The quantitative estimate of drug-likeness (QED) is 0.690. The van der Waals surface area contributed by atoms with Gasteiger partial charge in [0.15, 0.2) is 5.84 Å². The molecule has 2 aromatic rings. The molecule has 7 heteroatoms. The number of benzene rings is 2. The van der Waals surface area contributed by atoms with Gasteiger partial charge in [-0.25, -0.2) is 0 Å². The van der Waals surface area contributed by atoms with Gasteiger partial charge in [-0.2, -0.15) is 8.42 Å². The molecule has 174 valence electrons. The molecule has 33 heavy (non-hydrogen) atoms. The smallest absolute Gasteiger partial charge is 0.285 e. The summed E-state index contributed by atoms with van der Waals surface area (Å²) < 4.78 is 28.8. The molecule has 6 nitrogen and oxygen atoms in total. The van der Waals surface area contributed by atoms with Gasteiger partial charge in [0.05, 0.1) is 0 Å². The number of hydrogen-bond acceptors (Lipinski definition) is 4. The Morgan fingerprint density at radius 1 is 0.879 bits per heavy atom. The molecule has 3 aliphatic rings. The van der Waals surface area contributed by atoms with Gasteiger partial charge in [-0.15, -0.1) is 4.40 Å². The highest BCUT2D eigenvalue weighted by Gasteiger charge is 2.36. The third-order valence-corrected chi connectivity index (χ3v) is 8.69. The Bertz CT molecular complexity index is 1130. The number of hydrogen-bond donors (Lipinski definition) is 0. The summed E-state index contributed by atoms with van der Waals surface area (Å²) in [5.41, 5.74) is 2.07. The van der Waals surface area contributed by atoms with Crippen LogP contribution in [0.4, 0.5) is 0 Å². The standard InChI is InChI=1S/C26H31N3O3S/c30-26(29-16-12-21(13-17-29)11-10-20-6-2-1-3-7-20)22-14-18-28(19-15-22)25-23-8-4-5-9-24(23)33(31,32)27-25/h1-9,21-22H,10-19H2. The zero-order chi connectivity index (χ0) is 22.8. The van der Waals surface area contributed by atoms with Crippen LogP contribution in [0.25, 0.3) is 0 Å². The maximum absolute atomic E-state index is 13.1. The Labute approximate surface area is 196 Å². The van der Waals surface area contributed by atoms with E-state index in [0.29, 0.717) is 30.4 Å². The van der Waals surface area contributed by atoms with Gasteiger partial charge in [-0.05, 0) is 62.1 Å². The van der Waals surface area contributed by atoms with Gasteiger partial charge in [0.1, 0.15) is 4.90 Å². The minimum Gasteiger partial charge on any atom is -0.355 e. The van der Waals surface area contributed by atoms with Gasteiger partial charge < -0.3 is 9.80 Å². The molecule has 0 aliphatic carbocycles. The summed E-state index contributed by atoms with van der Waals surface area (Å²) in [4.78, 5) is 17.5. The summed E-state index contributed by atoms with van der Waals surface area (Å²) in [5, 5.41) is 0. The third kappa shape index (κ3) is 4.69. The molecule has 5 rings (SSSR count). The highest BCUT2D eigenvalue weighted by atomic mass is 32.2. The fraction of sp³-hybridized carbons (Fsp3) is 0.462. The molecule has 3 heterocycles. The molecule has 0 bridgehead atoms.